The zero-order valence-electron chi connectivity index (χ0n) is 10.2. The van der Waals surface area contributed by atoms with Gasteiger partial charge in [-0.2, -0.15) is 0 Å². The van der Waals surface area contributed by atoms with Crippen LogP contribution in [0.25, 0.3) is 0 Å². The van der Waals surface area contributed by atoms with E-state index in [4.69, 9.17) is 0 Å². The number of rotatable bonds is 6. The summed E-state index contributed by atoms with van der Waals surface area (Å²) in [6, 6.07) is 3.09. The highest BCUT2D eigenvalue weighted by Gasteiger charge is 2.08. The molecule has 0 bridgehead atoms. The van der Waals surface area contributed by atoms with Gasteiger partial charge in [0.05, 0.1) is 0 Å². The van der Waals surface area contributed by atoms with E-state index in [1.807, 2.05) is 0 Å². The van der Waals surface area contributed by atoms with Gasteiger partial charge in [-0.05, 0) is 48.9 Å². The van der Waals surface area contributed by atoms with Crippen LogP contribution in [0.15, 0.2) is 12.1 Å². The number of benzene rings is 1. The Balaban J connectivity index is 2.79. The fourth-order valence-corrected chi connectivity index (χ4v) is 1.77. The molecule has 0 fully saturated rings. The molecule has 0 amide bonds. The summed E-state index contributed by atoms with van der Waals surface area (Å²) >= 11 is 0. The average Bonchev–Trinajstić information content (AvgIpc) is 2.28. The van der Waals surface area contributed by atoms with Gasteiger partial charge in [0.15, 0.2) is 0 Å². The Morgan fingerprint density at radius 1 is 1.00 bits per heavy atom. The molecule has 0 aliphatic carbocycles. The fourth-order valence-electron chi connectivity index (χ4n) is 1.77. The molecular weight excluding hydrogens is 203 g/mol. The number of aryl methyl sites for hydroxylation is 2. The van der Waals surface area contributed by atoms with Gasteiger partial charge in [-0.3, -0.25) is 0 Å². The number of aromatic hydroxyl groups is 1. The maximum Gasteiger partial charge on any atom is 0.126 e. The zero-order valence-corrected chi connectivity index (χ0v) is 10.2. The molecule has 0 unspecified atom stereocenters. The van der Waals surface area contributed by atoms with Crippen LogP contribution in [0.2, 0.25) is 0 Å². The highest BCUT2D eigenvalue weighted by molar-refractivity contribution is 5.37. The van der Waals surface area contributed by atoms with Crippen LogP contribution in [-0.2, 0) is 12.8 Å². The minimum Gasteiger partial charge on any atom is -0.508 e. The molecule has 0 saturated heterocycles. The Morgan fingerprint density at radius 3 is 2.12 bits per heavy atom. The predicted octanol–water partition coefficient (Wildman–Crippen LogP) is 4.22. The van der Waals surface area contributed by atoms with Gasteiger partial charge in [-0.15, -0.1) is 0 Å². The third-order valence-corrected chi connectivity index (χ3v) is 2.85. The van der Waals surface area contributed by atoms with Crippen LogP contribution in [0.4, 0.5) is 4.39 Å². The standard InChI is InChI=1S/C14H21FO/c1-3-5-7-11-10-14(16)12(8-6-4-2)9-13(11)15/h9-10,16H,3-8H2,1-2H3. The highest BCUT2D eigenvalue weighted by atomic mass is 19.1. The van der Waals surface area contributed by atoms with E-state index in [2.05, 4.69) is 13.8 Å². The van der Waals surface area contributed by atoms with Gasteiger partial charge in [0.1, 0.15) is 11.6 Å². The van der Waals surface area contributed by atoms with Crippen LogP contribution in [0.5, 0.6) is 5.75 Å². The van der Waals surface area contributed by atoms with Gasteiger partial charge in [0.25, 0.3) is 0 Å². The summed E-state index contributed by atoms with van der Waals surface area (Å²) in [5, 5.41) is 9.78. The minimum atomic E-state index is -0.169. The normalized spacial score (nSPS) is 10.7. The molecule has 0 aliphatic heterocycles. The molecule has 0 radical (unpaired) electrons. The summed E-state index contributed by atoms with van der Waals surface area (Å²) in [4.78, 5) is 0. The SMILES string of the molecule is CCCCc1cc(F)c(CCCC)cc1O. The summed E-state index contributed by atoms with van der Waals surface area (Å²) in [7, 11) is 0. The molecular formula is C14H21FO. The molecule has 1 rings (SSSR count). The van der Waals surface area contributed by atoms with Gasteiger partial charge in [0.2, 0.25) is 0 Å². The summed E-state index contributed by atoms with van der Waals surface area (Å²) < 4.78 is 13.7. The smallest absolute Gasteiger partial charge is 0.126 e. The Labute approximate surface area is 97.3 Å². The summed E-state index contributed by atoms with van der Waals surface area (Å²) in [6.07, 6.45) is 5.51. The van der Waals surface area contributed by atoms with E-state index in [-0.39, 0.29) is 11.6 Å². The number of phenolic OH excluding ortho intramolecular Hbond substituents is 1. The molecule has 0 saturated carbocycles. The van der Waals surface area contributed by atoms with E-state index in [1.54, 1.807) is 6.07 Å². The fraction of sp³-hybridized carbons (Fsp3) is 0.571. The third-order valence-electron chi connectivity index (χ3n) is 2.85. The third kappa shape index (κ3) is 3.51. The highest BCUT2D eigenvalue weighted by Crippen LogP contribution is 2.24. The zero-order chi connectivity index (χ0) is 12.0. The molecule has 0 heterocycles. The molecule has 90 valence electrons. The molecule has 0 aliphatic rings. The van der Waals surface area contributed by atoms with Crippen molar-refractivity contribution in [1.29, 1.82) is 0 Å². The Bertz CT molecular complexity index is 300. The topological polar surface area (TPSA) is 20.2 Å². The Kier molecular flexibility index (Phi) is 5.30. The molecule has 0 atom stereocenters. The van der Waals surface area contributed by atoms with E-state index in [9.17, 15) is 9.50 Å². The summed E-state index contributed by atoms with van der Waals surface area (Å²) in [6.45, 7) is 4.16. The maximum atomic E-state index is 13.7. The van der Waals surface area contributed by atoms with E-state index >= 15 is 0 Å². The molecule has 1 aromatic rings. The molecule has 1 aromatic carbocycles. The van der Waals surface area contributed by atoms with Crippen molar-refractivity contribution in [3.63, 3.8) is 0 Å². The first-order valence-electron chi connectivity index (χ1n) is 6.19. The van der Waals surface area contributed by atoms with Crippen LogP contribution in [0, 0.1) is 5.82 Å². The van der Waals surface area contributed by atoms with Crippen molar-refractivity contribution in [3.05, 3.63) is 29.1 Å². The second kappa shape index (κ2) is 6.51. The quantitative estimate of drug-likeness (QED) is 0.767. The van der Waals surface area contributed by atoms with Gasteiger partial charge < -0.3 is 5.11 Å². The van der Waals surface area contributed by atoms with Crippen molar-refractivity contribution in [1.82, 2.24) is 0 Å². The minimum absolute atomic E-state index is 0.169. The van der Waals surface area contributed by atoms with E-state index < -0.39 is 0 Å². The van der Waals surface area contributed by atoms with E-state index in [0.717, 1.165) is 37.7 Å². The monoisotopic (exact) mass is 224 g/mol. The first-order chi connectivity index (χ1) is 7.69. The lowest BCUT2D eigenvalue weighted by atomic mass is 10.0. The molecule has 16 heavy (non-hydrogen) atoms. The Hall–Kier alpha value is -1.05. The van der Waals surface area contributed by atoms with Crippen molar-refractivity contribution in [2.75, 3.05) is 0 Å². The molecule has 1 nitrogen and oxygen atoms in total. The average molecular weight is 224 g/mol. The number of hydrogen-bond donors (Lipinski definition) is 1. The maximum absolute atomic E-state index is 13.7. The van der Waals surface area contributed by atoms with E-state index in [0.29, 0.717) is 12.0 Å². The van der Waals surface area contributed by atoms with Gasteiger partial charge in [0, 0.05) is 0 Å². The lowest BCUT2D eigenvalue weighted by molar-refractivity contribution is 0.462. The first-order valence-corrected chi connectivity index (χ1v) is 6.19. The van der Waals surface area contributed by atoms with Crippen LogP contribution in [0.1, 0.15) is 50.7 Å². The van der Waals surface area contributed by atoms with Crippen molar-refractivity contribution in [3.8, 4) is 5.75 Å². The summed E-state index contributed by atoms with van der Waals surface area (Å²) in [5.74, 6) is 0.0818. The van der Waals surface area contributed by atoms with Crippen molar-refractivity contribution in [2.45, 2.75) is 52.4 Å². The Morgan fingerprint density at radius 2 is 1.56 bits per heavy atom. The van der Waals surface area contributed by atoms with Crippen LogP contribution >= 0.6 is 0 Å². The van der Waals surface area contributed by atoms with Gasteiger partial charge >= 0.3 is 0 Å². The van der Waals surface area contributed by atoms with Crippen molar-refractivity contribution in [2.24, 2.45) is 0 Å². The van der Waals surface area contributed by atoms with Crippen LogP contribution in [-0.4, -0.2) is 5.11 Å². The number of halogens is 1. The number of hydrogen-bond acceptors (Lipinski definition) is 1. The van der Waals surface area contributed by atoms with Crippen molar-refractivity contribution >= 4 is 0 Å². The number of unbranched alkanes of at least 4 members (excludes halogenated alkanes) is 2. The molecule has 2 heteroatoms. The lowest BCUT2D eigenvalue weighted by Crippen LogP contribution is -1.95. The lowest BCUT2D eigenvalue weighted by Gasteiger charge is -2.08. The first kappa shape index (κ1) is 13.0. The number of phenols is 1. The van der Waals surface area contributed by atoms with Gasteiger partial charge in [-0.1, -0.05) is 26.7 Å². The second-order valence-electron chi connectivity index (χ2n) is 4.28. The van der Waals surface area contributed by atoms with Crippen LogP contribution in [0.3, 0.4) is 0 Å². The largest absolute Gasteiger partial charge is 0.508 e. The second-order valence-corrected chi connectivity index (χ2v) is 4.28. The van der Waals surface area contributed by atoms with Crippen LogP contribution < -0.4 is 0 Å². The van der Waals surface area contributed by atoms with E-state index in [1.165, 1.54) is 6.07 Å². The predicted molar refractivity (Wildman–Crippen MR) is 65.3 cm³/mol. The van der Waals surface area contributed by atoms with Crippen molar-refractivity contribution < 1.29 is 9.50 Å². The van der Waals surface area contributed by atoms with Gasteiger partial charge in [-0.25, -0.2) is 4.39 Å². The molecule has 0 spiro atoms. The molecule has 1 N–H and O–H groups in total. The molecule has 0 aromatic heterocycles. The summed E-state index contributed by atoms with van der Waals surface area (Å²) in [5.41, 5.74) is 1.37.